The molecule has 0 saturated heterocycles. The summed E-state index contributed by atoms with van der Waals surface area (Å²) >= 11 is 0. The van der Waals surface area contributed by atoms with Gasteiger partial charge < -0.3 is 10.5 Å². The van der Waals surface area contributed by atoms with Gasteiger partial charge in [-0.15, -0.1) is 12.4 Å². The molecule has 0 spiro atoms. The molecule has 0 unspecified atom stereocenters. The number of hydrogen-bond acceptors (Lipinski definition) is 2. The summed E-state index contributed by atoms with van der Waals surface area (Å²) in [4.78, 5) is 0. The SMILES string of the molecule is Cc1ccc2c(c1)[C@H](N)CO[C@@H]2C.Cl. The maximum absolute atomic E-state index is 5.95. The first-order valence-corrected chi connectivity index (χ1v) is 4.66. The van der Waals surface area contributed by atoms with Gasteiger partial charge in [-0.05, 0) is 25.0 Å². The largest absolute Gasteiger partial charge is 0.372 e. The Balaban J connectivity index is 0.000000980. The van der Waals surface area contributed by atoms with E-state index < -0.39 is 0 Å². The molecule has 0 fully saturated rings. The minimum absolute atomic E-state index is 0. The molecule has 1 aromatic carbocycles. The predicted molar refractivity (Wildman–Crippen MR) is 59.7 cm³/mol. The average molecular weight is 214 g/mol. The van der Waals surface area contributed by atoms with Crippen LogP contribution in [0.3, 0.4) is 0 Å². The molecular formula is C11H16ClNO. The minimum atomic E-state index is 0. The summed E-state index contributed by atoms with van der Waals surface area (Å²) in [7, 11) is 0. The molecule has 0 aromatic heterocycles. The van der Waals surface area contributed by atoms with Crippen LogP contribution in [0, 0.1) is 6.92 Å². The fourth-order valence-corrected chi connectivity index (χ4v) is 1.81. The van der Waals surface area contributed by atoms with E-state index in [1.807, 2.05) is 0 Å². The minimum Gasteiger partial charge on any atom is -0.372 e. The summed E-state index contributed by atoms with van der Waals surface area (Å²) in [6.07, 6.45) is 0.190. The van der Waals surface area contributed by atoms with E-state index in [0.29, 0.717) is 6.61 Å². The third-order valence-corrected chi connectivity index (χ3v) is 2.61. The van der Waals surface area contributed by atoms with Crippen LogP contribution in [0.15, 0.2) is 18.2 Å². The summed E-state index contributed by atoms with van der Waals surface area (Å²) in [5, 5.41) is 0. The van der Waals surface area contributed by atoms with Crippen molar-refractivity contribution in [2.24, 2.45) is 5.73 Å². The van der Waals surface area contributed by atoms with Crippen LogP contribution in [-0.4, -0.2) is 6.61 Å². The van der Waals surface area contributed by atoms with Crippen molar-refractivity contribution in [3.63, 3.8) is 0 Å². The number of nitrogens with two attached hydrogens (primary N) is 1. The molecule has 1 aromatic rings. The van der Waals surface area contributed by atoms with E-state index in [4.69, 9.17) is 10.5 Å². The van der Waals surface area contributed by atoms with Crippen LogP contribution < -0.4 is 5.73 Å². The maximum atomic E-state index is 5.95. The van der Waals surface area contributed by atoms with E-state index in [9.17, 15) is 0 Å². The predicted octanol–water partition coefficient (Wildman–Crippen LogP) is 2.51. The third kappa shape index (κ3) is 1.92. The average Bonchev–Trinajstić information content (AvgIpc) is 2.12. The molecule has 2 N–H and O–H groups in total. The molecule has 3 heteroatoms. The first kappa shape index (κ1) is 11.5. The molecule has 0 bridgehead atoms. The van der Waals surface area contributed by atoms with Crippen molar-refractivity contribution in [1.29, 1.82) is 0 Å². The van der Waals surface area contributed by atoms with E-state index in [1.165, 1.54) is 16.7 Å². The topological polar surface area (TPSA) is 35.2 Å². The molecule has 1 aliphatic rings. The molecule has 0 aliphatic carbocycles. The van der Waals surface area contributed by atoms with Gasteiger partial charge in [-0.2, -0.15) is 0 Å². The third-order valence-electron chi connectivity index (χ3n) is 2.61. The summed E-state index contributed by atoms with van der Waals surface area (Å²) in [5.74, 6) is 0. The Morgan fingerprint density at radius 2 is 2.07 bits per heavy atom. The zero-order valence-electron chi connectivity index (χ0n) is 8.49. The number of fused-ring (bicyclic) bond motifs is 1. The Morgan fingerprint density at radius 3 is 2.79 bits per heavy atom. The van der Waals surface area contributed by atoms with Crippen LogP contribution in [0.1, 0.15) is 35.8 Å². The maximum Gasteiger partial charge on any atom is 0.0801 e. The van der Waals surface area contributed by atoms with Crippen molar-refractivity contribution in [3.8, 4) is 0 Å². The molecule has 2 nitrogen and oxygen atoms in total. The highest BCUT2D eigenvalue weighted by atomic mass is 35.5. The number of benzene rings is 1. The molecule has 14 heavy (non-hydrogen) atoms. The van der Waals surface area contributed by atoms with Crippen molar-refractivity contribution in [1.82, 2.24) is 0 Å². The van der Waals surface area contributed by atoms with E-state index in [0.717, 1.165) is 0 Å². The van der Waals surface area contributed by atoms with Crippen LogP contribution in [0.2, 0.25) is 0 Å². The second kappa shape index (κ2) is 4.30. The summed E-state index contributed by atoms with van der Waals surface area (Å²) in [5.41, 5.74) is 9.71. The van der Waals surface area contributed by atoms with Gasteiger partial charge >= 0.3 is 0 Å². The van der Waals surface area contributed by atoms with Crippen molar-refractivity contribution >= 4 is 12.4 Å². The van der Waals surface area contributed by atoms with Crippen LogP contribution in [0.4, 0.5) is 0 Å². The fraction of sp³-hybridized carbons (Fsp3) is 0.455. The summed E-state index contributed by atoms with van der Waals surface area (Å²) in [6.45, 7) is 4.80. The number of rotatable bonds is 0. The van der Waals surface area contributed by atoms with E-state index in [2.05, 4.69) is 32.0 Å². The lowest BCUT2D eigenvalue weighted by Crippen LogP contribution is -2.25. The van der Waals surface area contributed by atoms with Gasteiger partial charge in [0.15, 0.2) is 0 Å². The number of aryl methyl sites for hydroxylation is 1. The van der Waals surface area contributed by atoms with E-state index in [1.54, 1.807) is 0 Å². The molecule has 2 atom stereocenters. The molecular weight excluding hydrogens is 198 g/mol. The lowest BCUT2D eigenvalue weighted by molar-refractivity contribution is 0.0407. The fourth-order valence-electron chi connectivity index (χ4n) is 1.81. The van der Waals surface area contributed by atoms with Crippen molar-refractivity contribution in [2.45, 2.75) is 26.0 Å². The highest BCUT2D eigenvalue weighted by Gasteiger charge is 2.22. The Bertz CT molecular complexity index is 327. The number of ether oxygens (including phenoxy) is 1. The van der Waals surface area contributed by atoms with Crippen LogP contribution in [0.25, 0.3) is 0 Å². The molecule has 1 heterocycles. The van der Waals surface area contributed by atoms with Crippen molar-refractivity contribution in [2.75, 3.05) is 6.61 Å². The van der Waals surface area contributed by atoms with Gasteiger partial charge in [0, 0.05) is 0 Å². The Labute approximate surface area is 90.9 Å². The van der Waals surface area contributed by atoms with Gasteiger partial charge in [-0.1, -0.05) is 23.8 Å². The molecule has 78 valence electrons. The normalized spacial score (nSPS) is 25.1. The quantitative estimate of drug-likeness (QED) is 0.719. The Kier molecular flexibility index (Phi) is 3.53. The second-order valence-electron chi connectivity index (χ2n) is 3.71. The Hall–Kier alpha value is -0.570. The summed E-state index contributed by atoms with van der Waals surface area (Å²) in [6, 6.07) is 6.44. The van der Waals surface area contributed by atoms with Crippen molar-refractivity contribution < 1.29 is 4.74 Å². The molecule has 1 aliphatic heterocycles. The smallest absolute Gasteiger partial charge is 0.0801 e. The molecule has 0 amide bonds. The second-order valence-corrected chi connectivity index (χ2v) is 3.71. The van der Waals surface area contributed by atoms with E-state index >= 15 is 0 Å². The van der Waals surface area contributed by atoms with E-state index in [-0.39, 0.29) is 24.6 Å². The van der Waals surface area contributed by atoms with Crippen LogP contribution in [-0.2, 0) is 4.74 Å². The van der Waals surface area contributed by atoms with Crippen molar-refractivity contribution in [3.05, 3.63) is 34.9 Å². The number of halogens is 1. The van der Waals surface area contributed by atoms with Gasteiger partial charge in [0.25, 0.3) is 0 Å². The lowest BCUT2D eigenvalue weighted by atomic mass is 9.94. The van der Waals surface area contributed by atoms with Gasteiger partial charge in [-0.3, -0.25) is 0 Å². The van der Waals surface area contributed by atoms with Gasteiger partial charge in [0.2, 0.25) is 0 Å². The first-order chi connectivity index (χ1) is 6.18. The van der Waals surface area contributed by atoms with Crippen LogP contribution in [0.5, 0.6) is 0 Å². The van der Waals surface area contributed by atoms with Gasteiger partial charge in [-0.25, -0.2) is 0 Å². The highest BCUT2D eigenvalue weighted by molar-refractivity contribution is 5.85. The molecule has 0 radical (unpaired) electrons. The Morgan fingerprint density at radius 1 is 1.36 bits per heavy atom. The molecule has 0 saturated carbocycles. The number of hydrogen-bond donors (Lipinski definition) is 1. The monoisotopic (exact) mass is 213 g/mol. The lowest BCUT2D eigenvalue weighted by Gasteiger charge is -2.28. The van der Waals surface area contributed by atoms with Crippen LogP contribution >= 0.6 is 12.4 Å². The van der Waals surface area contributed by atoms with Gasteiger partial charge in [0.1, 0.15) is 0 Å². The zero-order chi connectivity index (χ0) is 9.42. The standard InChI is InChI=1S/C11H15NO.ClH/c1-7-3-4-9-8(2)13-6-11(12)10(9)5-7;/h3-5,8,11H,6,12H2,1-2H3;1H/t8-,11-;/m1./s1. The highest BCUT2D eigenvalue weighted by Crippen LogP contribution is 2.31. The van der Waals surface area contributed by atoms with Gasteiger partial charge in [0.05, 0.1) is 18.8 Å². The molecule has 2 rings (SSSR count). The first-order valence-electron chi connectivity index (χ1n) is 4.66. The zero-order valence-corrected chi connectivity index (χ0v) is 9.30. The summed E-state index contributed by atoms with van der Waals surface area (Å²) < 4.78 is 5.53.